The number of rotatable bonds is 0. The average Bonchev–Trinajstić information content (AvgIpc) is 1.13. The molecule has 0 saturated heterocycles. The molecule has 0 amide bonds. The van der Waals surface area contributed by atoms with Crippen molar-refractivity contribution in [1.29, 1.82) is 0 Å². The van der Waals surface area contributed by atoms with Crippen LogP contribution in [0.5, 0.6) is 0 Å². The van der Waals surface area contributed by atoms with Crippen LogP contribution in [0.15, 0.2) is 293 Å². The van der Waals surface area contributed by atoms with Crippen molar-refractivity contribution in [1.82, 2.24) is 0 Å². The van der Waals surface area contributed by atoms with Gasteiger partial charge in [-0.15, -0.1) is 0 Å². The van der Waals surface area contributed by atoms with Crippen molar-refractivity contribution >= 4 is 64.6 Å². The molecule has 2 unspecified atom stereocenters. The first-order valence-electron chi connectivity index (χ1n) is 31.9. The summed E-state index contributed by atoms with van der Waals surface area (Å²) in [7, 11) is 0. The minimum absolute atomic E-state index is 0.521. The normalized spacial score (nSPS) is 17.1. The summed E-state index contributed by atoms with van der Waals surface area (Å²) in [6, 6.07) is 85.1. The summed E-state index contributed by atoms with van der Waals surface area (Å²) in [5.74, 6) is 0. The van der Waals surface area contributed by atoms with Crippen LogP contribution in [0, 0.1) is 0 Å². The van der Waals surface area contributed by atoms with Gasteiger partial charge in [0.2, 0.25) is 12.1 Å². The molecule has 6 nitrogen and oxygen atoms in total. The Bertz CT molecular complexity index is 4990. The Morgan fingerprint density at radius 3 is 0.956 bits per heavy atom. The third-order valence-electron chi connectivity index (χ3n) is 20.7. The first-order chi connectivity index (χ1) is 44.3. The predicted molar refractivity (Wildman–Crippen MR) is 356 cm³/mol. The van der Waals surface area contributed by atoms with Crippen molar-refractivity contribution in [2.24, 2.45) is 0 Å². The lowest BCUT2D eigenvalue weighted by atomic mass is 9.77. The van der Waals surface area contributed by atoms with Crippen LogP contribution < -0.4 is 27.4 Å². The molecule has 2 atom stereocenters. The predicted octanol–water partition coefficient (Wildman–Crippen LogP) is 14.1. The molecule has 0 aliphatic carbocycles. The van der Waals surface area contributed by atoms with E-state index in [1.165, 1.54) is 143 Å². The van der Waals surface area contributed by atoms with E-state index in [9.17, 15) is 0 Å². The molecular formula is C84H64N6+6. The van der Waals surface area contributed by atoms with Gasteiger partial charge < -0.3 is 0 Å². The Hall–Kier alpha value is -10.8. The second kappa shape index (κ2) is 19.8. The highest BCUT2D eigenvalue weighted by molar-refractivity contribution is 6.23. The zero-order chi connectivity index (χ0) is 59.1. The van der Waals surface area contributed by atoms with E-state index in [1.807, 2.05) is 0 Å². The number of hydrogen-bond donors (Lipinski definition) is 0. The summed E-state index contributed by atoms with van der Waals surface area (Å²) in [6.45, 7) is 2.98. The molecule has 0 radical (unpaired) electrons. The summed E-state index contributed by atoms with van der Waals surface area (Å²) in [4.78, 5) is 0. The molecule has 424 valence electrons. The molecule has 10 aromatic carbocycles. The maximum Gasteiger partial charge on any atom is 0.255 e. The van der Waals surface area contributed by atoms with E-state index in [-0.39, 0.29) is 0 Å². The van der Waals surface area contributed by atoms with Crippen molar-refractivity contribution in [3.8, 4) is 22.3 Å². The van der Waals surface area contributed by atoms with Crippen molar-refractivity contribution in [3.63, 3.8) is 0 Å². The molecular weight excluding hydrogens is 1090 g/mol. The van der Waals surface area contributed by atoms with Crippen molar-refractivity contribution in [2.75, 3.05) is 0 Å². The van der Waals surface area contributed by atoms with Crippen LogP contribution in [-0.2, 0) is 62.9 Å². The van der Waals surface area contributed by atoms with Crippen LogP contribution in [-0.4, -0.2) is 0 Å². The topological polar surface area (TPSA) is 23.3 Å². The van der Waals surface area contributed by atoms with Gasteiger partial charge in [-0.3, -0.25) is 0 Å². The van der Waals surface area contributed by atoms with Gasteiger partial charge in [-0.2, -0.15) is 27.4 Å². The van der Waals surface area contributed by atoms with Crippen molar-refractivity contribution < 1.29 is 27.4 Å². The van der Waals surface area contributed by atoms with Crippen molar-refractivity contribution in [2.45, 2.75) is 62.9 Å². The first kappa shape index (κ1) is 51.2. The molecule has 0 spiro atoms. The van der Waals surface area contributed by atoms with Crippen molar-refractivity contribution in [3.05, 3.63) is 348 Å². The van der Waals surface area contributed by atoms with Crippen LogP contribution in [0.2, 0.25) is 0 Å². The molecule has 6 aromatic heterocycles. The fourth-order valence-corrected chi connectivity index (χ4v) is 16.2. The van der Waals surface area contributed by atoms with E-state index in [1.54, 1.807) is 0 Å². The lowest BCUT2D eigenvalue weighted by molar-refractivity contribution is -0.823. The molecule has 25 aliphatic rings. The Labute approximate surface area is 522 Å². The van der Waals surface area contributed by atoms with Gasteiger partial charge in [0, 0.05) is 132 Å². The van der Waals surface area contributed by atoms with Crippen LogP contribution in [0.25, 0.3) is 86.9 Å². The zero-order valence-electron chi connectivity index (χ0n) is 50.1. The summed E-state index contributed by atoms with van der Waals surface area (Å²) >= 11 is 0. The summed E-state index contributed by atoms with van der Waals surface area (Å²) in [5, 5.41) is 15.5. The quantitative estimate of drug-likeness (QED) is 0.107. The number of pyridine rings is 6. The van der Waals surface area contributed by atoms with E-state index < -0.39 is 11.1 Å². The largest absolute Gasteiger partial charge is 0.255 e. The Kier molecular flexibility index (Phi) is 11.3. The van der Waals surface area contributed by atoms with Crippen LogP contribution in [0.4, 0.5) is 0 Å². The molecule has 31 heterocycles. The van der Waals surface area contributed by atoms with Gasteiger partial charge in [0.15, 0.2) is 94.0 Å². The van der Waals surface area contributed by atoms with Crippen LogP contribution in [0.3, 0.4) is 0 Å². The molecule has 90 heavy (non-hydrogen) atoms. The SMILES string of the molecule is c1cc2ccc1Cc1cc3ccc4c[n+](cc5ccc(c1)c3c45)Cc1ccc(cc1)C13Cc4ccc(cc4)C[n+]4cc5ccc6c[n+](cc7ccc(c4)c5c67)Cc4ccc(cc4)CC2(Cc2ccc(cc2)-c2cc[n+](cc2)C1)[n+]1ccc(cc1)-c1cc[n+]3cc1. The maximum absolute atomic E-state index is 2.53. The summed E-state index contributed by atoms with van der Waals surface area (Å²) in [6.07, 6.45) is 31.2. The number of benzene rings is 10. The third-order valence-corrected chi connectivity index (χ3v) is 20.7. The fraction of sp³-hybridized carbons (Fsp3) is 0.119. The lowest BCUT2D eigenvalue weighted by Crippen LogP contribution is -2.64. The lowest BCUT2D eigenvalue weighted by Gasteiger charge is -2.30. The van der Waals surface area contributed by atoms with E-state index in [4.69, 9.17) is 0 Å². The summed E-state index contributed by atoms with van der Waals surface area (Å²) in [5.41, 5.74) is 16.5. The minimum atomic E-state index is -0.559. The maximum atomic E-state index is 2.53. The molecule has 30 bridgehead atoms. The third kappa shape index (κ3) is 8.53. The zero-order valence-corrected chi connectivity index (χ0v) is 50.1. The smallest absolute Gasteiger partial charge is 0.200 e. The molecule has 6 heteroatoms. The van der Waals surface area contributed by atoms with Gasteiger partial charge in [0.1, 0.15) is 0 Å². The van der Waals surface area contributed by atoms with Crippen LogP contribution in [0.1, 0.15) is 55.6 Å². The van der Waals surface area contributed by atoms with Gasteiger partial charge in [0.25, 0.3) is 5.54 Å². The Morgan fingerprint density at radius 1 is 0.233 bits per heavy atom. The Balaban J connectivity index is 0.859. The molecule has 0 fully saturated rings. The minimum Gasteiger partial charge on any atom is -0.200 e. The molecule has 0 saturated carbocycles. The highest BCUT2D eigenvalue weighted by Crippen LogP contribution is 2.39. The van der Waals surface area contributed by atoms with Gasteiger partial charge in [0.05, 0.1) is 0 Å². The molecule has 41 rings (SSSR count). The van der Waals surface area contributed by atoms with Gasteiger partial charge in [-0.25, -0.2) is 0 Å². The van der Waals surface area contributed by atoms with Gasteiger partial charge in [-0.1, -0.05) is 146 Å². The van der Waals surface area contributed by atoms with Gasteiger partial charge in [-0.05, 0) is 109 Å². The number of nitrogens with zero attached hydrogens (tertiary/aromatic N) is 6. The summed E-state index contributed by atoms with van der Waals surface area (Å²) < 4.78 is 14.6. The van der Waals surface area contributed by atoms with E-state index >= 15 is 0 Å². The monoisotopic (exact) mass is 1160 g/mol. The second-order valence-corrected chi connectivity index (χ2v) is 26.4. The fourth-order valence-electron chi connectivity index (χ4n) is 16.2. The number of aromatic nitrogens is 6. The van der Waals surface area contributed by atoms with Gasteiger partial charge >= 0.3 is 0 Å². The highest BCUT2D eigenvalue weighted by Gasteiger charge is 2.47. The number of hydrogen-bond acceptors (Lipinski definition) is 0. The van der Waals surface area contributed by atoms with E-state index in [0.717, 1.165) is 45.3 Å². The standard InChI is InChI=1S/C84H64N6/c1-5-61-6-2-58(1)44-83-45-60-9-15-65(16-10-60)66-29-35-85(36-30-66)56-84(90-39-33-68(34-40-90)67-31-37-89(83)38-32-67,46-59-3-7-62(8-4-59)48-87-54-75-23-21-73-52-86(47-61)53-74-22-24-76(55-87)82(75)81(73)74)78-27-13-63(14-28-78)49-88-50-71-19-17-69-42-64(41-57-11-25-77(83)26-12-57)43-70-18-20-72(51-88)80(71)79(69)70/h1-40,42-43,50-55H,41,44-49,56H2/q+6. The molecule has 25 aliphatic heterocycles. The molecule has 0 N–H and O–H groups in total. The second-order valence-electron chi connectivity index (χ2n) is 26.4. The van der Waals surface area contributed by atoms with E-state index in [2.05, 4.69) is 320 Å². The molecule has 16 aromatic rings. The Morgan fingerprint density at radius 2 is 0.533 bits per heavy atom. The van der Waals surface area contributed by atoms with E-state index in [0.29, 0.717) is 6.54 Å². The highest BCUT2D eigenvalue weighted by atomic mass is 15.1. The average molecular weight is 1160 g/mol. The first-order valence-corrected chi connectivity index (χ1v) is 31.9. The van der Waals surface area contributed by atoms with Crippen LogP contribution >= 0.6 is 0 Å².